The number of aromatic nitrogens is 2. The number of hydrogen-bond acceptors (Lipinski definition) is 4. The molecule has 2 aromatic rings. The standard InChI is InChI=1S/C20H29N3O3S/c1-4-10-23-14-19(17(3)22-23)27(24,25)21-15-20(8-11-26-12-9-20)18-7-5-6-16(2)13-18/h5-7,13-14,21H,4,8-12,15H2,1-3H3. The number of hydrogen-bond donors (Lipinski definition) is 1. The first-order valence-corrected chi connectivity index (χ1v) is 11.0. The van der Waals surface area contributed by atoms with Crippen molar-refractivity contribution in [3.8, 4) is 0 Å². The monoisotopic (exact) mass is 391 g/mol. The summed E-state index contributed by atoms with van der Waals surface area (Å²) in [5, 5.41) is 4.33. The Labute approximate surface area is 162 Å². The maximum absolute atomic E-state index is 13.0. The van der Waals surface area contributed by atoms with E-state index in [9.17, 15) is 8.42 Å². The lowest BCUT2D eigenvalue weighted by atomic mass is 9.74. The normalized spacial score (nSPS) is 17.1. The molecule has 0 aliphatic carbocycles. The van der Waals surface area contributed by atoms with Crippen LogP contribution in [0.25, 0.3) is 0 Å². The van der Waals surface area contributed by atoms with Crippen molar-refractivity contribution >= 4 is 10.0 Å². The minimum absolute atomic E-state index is 0.245. The Kier molecular flexibility index (Phi) is 6.03. The van der Waals surface area contributed by atoms with Crippen LogP contribution in [0.4, 0.5) is 0 Å². The van der Waals surface area contributed by atoms with E-state index in [1.165, 1.54) is 11.1 Å². The lowest BCUT2D eigenvalue weighted by Gasteiger charge is -2.38. The van der Waals surface area contributed by atoms with Gasteiger partial charge in [-0.2, -0.15) is 5.10 Å². The molecule has 0 amide bonds. The Balaban J connectivity index is 1.85. The summed E-state index contributed by atoms with van der Waals surface area (Å²) in [7, 11) is -3.62. The highest BCUT2D eigenvalue weighted by atomic mass is 32.2. The third kappa shape index (κ3) is 4.42. The molecular formula is C20H29N3O3S. The maximum Gasteiger partial charge on any atom is 0.243 e. The van der Waals surface area contributed by atoms with Gasteiger partial charge in [0.1, 0.15) is 4.90 Å². The van der Waals surface area contributed by atoms with Gasteiger partial charge in [-0.15, -0.1) is 0 Å². The van der Waals surface area contributed by atoms with Crippen molar-refractivity contribution in [1.82, 2.24) is 14.5 Å². The lowest BCUT2D eigenvalue weighted by Crippen LogP contribution is -2.44. The van der Waals surface area contributed by atoms with E-state index < -0.39 is 10.0 Å². The molecule has 1 aromatic heterocycles. The Bertz CT molecular complexity index is 884. The van der Waals surface area contributed by atoms with Gasteiger partial charge in [-0.1, -0.05) is 36.8 Å². The topological polar surface area (TPSA) is 73.2 Å². The summed E-state index contributed by atoms with van der Waals surface area (Å²) < 4.78 is 36.0. The predicted octanol–water partition coefficient (Wildman–Crippen LogP) is 2.94. The highest BCUT2D eigenvalue weighted by molar-refractivity contribution is 7.89. The molecule has 148 valence electrons. The molecule has 0 bridgehead atoms. The van der Waals surface area contributed by atoms with E-state index in [-0.39, 0.29) is 10.3 Å². The highest BCUT2D eigenvalue weighted by Crippen LogP contribution is 2.35. The van der Waals surface area contributed by atoms with E-state index >= 15 is 0 Å². The molecule has 1 saturated heterocycles. The molecule has 1 aliphatic rings. The van der Waals surface area contributed by atoms with Gasteiger partial charge < -0.3 is 4.74 Å². The van der Waals surface area contributed by atoms with Gasteiger partial charge >= 0.3 is 0 Å². The van der Waals surface area contributed by atoms with Gasteiger partial charge in [-0.05, 0) is 38.7 Å². The van der Waals surface area contributed by atoms with Crippen LogP contribution in [0, 0.1) is 13.8 Å². The zero-order valence-electron chi connectivity index (χ0n) is 16.4. The zero-order valence-corrected chi connectivity index (χ0v) is 17.2. The SMILES string of the molecule is CCCn1cc(S(=O)(=O)NCC2(c3cccc(C)c3)CCOCC2)c(C)n1. The van der Waals surface area contributed by atoms with Crippen molar-refractivity contribution in [1.29, 1.82) is 0 Å². The average molecular weight is 392 g/mol. The fraction of sp³-hybridized carbons (Fsp3) is 0.550. The minimum atomic E-state index is -3.62. The van der Waals surface area contributed by atoms with Gasteiger partial charge in [-0.3, -0.25) is 4.68 Å². The molecule has 6 nitrogen and oxygen atoms in total. The van der Waals surface area contributed by atoms with Crippen molar-refractivity contribution in [2.45, 2.75) is 56.9 Å². The molecule has 1 fully saturated rings. The number of nitrogens with zero attached hydrogens (tertiary/aromatic N) is 2. The molecule has 1 aromatic carbocycles. The van der Waals surface area contributed by atoms with E-state index in [1.54, 1.807) is 17.8 Å². The molecule has 3 rings (SSSR count). The summed E-state index contributed by atoms with van der Waals surface area (Å²) in [6, 6.07) is 8.35. The van der Waals surface area contributed by atoms with Crippen LogP contribution in [-0.4, -0.2) is 38.0 Å². The van der Waals surface area contributed by atoms with E-state index in [2.05, 4.69) is 34.9 Å². The number of nitrogens with one attached hydrogen (secondary N) is 1. The van der Waals surface area contributed by atoms with Crippen LogP contribution in [0.1, 0.15) is 43.0 Å². The summed E-state index contributed by atoms with van der Waals surface area (Å²) in [5.41, 5.74) is 2.64. The van der Waals surface area contributed by atoms with Gasteiger partial charge in [0.15, 0.2) is 0 Å². The maximum atomic E-state index is 13.0. The van der Waals surface area contributed by atoms with Crippen LogP contribution in [-0.2, 0) is 26.7 Å². The van der Waals surface area contributed by atoms with E-state index in [1.807, 2.05) is 13.0 Å². The first-order chi connectivity index (χ1) is 12.9. The Morgan fingerprint density at radius 1 is 1.26 bits per heavy atom. The van der Waals surface area contributed by atoms with Crippen molar-refractivity contribution in [3.63, 3.8) is 0 Å². The second-order valence-electron chi connectivity index (χ2n) is 7.43. The Morgan fingerprint density at radius 2 is 2.00 bits per heavy atom. The predicted molar refractivity (Wildman–Crippen MR) is 105 cm³/mol. The van der Waals surface area contributed by atoms with Crippen LogP contribution >= 0.6 is 0 Å². The molecule has 7 heteroatoms. The fourth-order valence-corrected chi connectivity index (χ4v) is 5.03. The van der Waals surface area contributed by atoms with Crippen molar-refractivity contribution < 1.29 is 13.2 Å². The highest BCUT2D eigenvalue weighted by Gasteiger charge is 2.36. The van der Waals surface area contributed by atoms with Crippen LogP contribution < -0.4 is 4.72 Å². The summed E-state index contributed by atoms with van der Waals surface area (Å²) in [4.78, 5) is 0.266. The molecule has 0 atom stereocenters. The summed E-state index contributed by atoms with van der Waals surface area (Å²) in [5.74, 6) is 0. The second-order valence-corrected chi connectivity index (χ2v) is 9.16. The van der Waals surface area contributed by atoms with Gasteiger partial charge in [-0.25, -0.2) is 13.1 Å². The summed E-state index contributed by atoms with van der Waals surface area (Å²) in [6.07, 6.45) is 4.13. The number of sulfonamides is 1. The third-order valence-electron chi connectivity index (χ3n) is 5.32. The van der Waals surface area contributed by atoms with Crippen LogP contribution in [0.15, 0.2) is 35.4 Å². The molecule has 1 aliphatic heterocycles. The molecule has 1 N–H and O–H groups in total. The van der Waals surface area contributed by atoms with Crippen LogP contribution in [0.3, 0.4) is 0 Å². The second kappa shape index (κ2) is 8.12. The molecule has 0 saturated carbocycles. The molecular weight excluding hydrogens is 362 g/mol. The largest absolute Gasteiger partial charge is 0.381 e. The minimum Gasteiger partial charge on any atom is -0.381 e. The van der Waals surface area contributed by atoms with Crippen molar-refractivity contribution in [3.05, 3.63) is 47.3 Å². The molecule has 0 radical (unpaired) electrons. The smallest absolute Gasteiger partial charge is 0.243 e. The van der Waals surface area contributed by atoms with Gasteiger partial charge in [0.25, 0.3) is 0 Å². The summed E-state index contributed by atoms with van der Waals surface area (Å²) in [6.45, 7) is 8.20. The molecule has 2 heterocycles. The zero-order chi connectivity index (χ0) is 19.5. The third-order valence-corrected chi connectivity index (χ3v) is 6.83. The van der Waals surface area contributed by atoms with E-state index in [0.717, 1.165) is 19.3 Å². The molecule has 27 heavy (non-hydrogen) atoms. The number of benzene rings is 1. The number of aryl methyl sites for hydroxylation is 3. The van der Waals surface area contributed by atoms with Crippen LogP contribution in [0.2, 0.25) is 0 Å². The van der Waals surface area contributed by atoms with E-state index in [4.69, 9.17) is 4.74 Å². The Hall–Kier alpha value is -1.70. The van der Waals surface area contributed by atoms with Gasteiger partial charge in [0.05, 0.1) is 5.69 Å². The Morgan fingerprint density at radius 3 is 2.67 bits per heavy atom. The number of ether oxygens (including phenoxy) is 1. The molecule has 0 unspecified atom stereocenters. The van der Waals surface area contributed by atoms with Crippen molar-refractivity contribution in [2.75, 3.05) is 19.8 Å². The van der Waals surface area contributed by atoms with E-state index in [0.29, 0.717) is 32.0 Å². The van der Waals surface area contributed by atoms with Crippen molar-refractivity contribution in [2.24, 2.45) is 0 Å². The lowest BCUT2D eigenvalue weighted by molar-refractivity contribution is 0.0517. The molecule has 0 spiro atoms. The number of rotatable bonds is 7. The first kappa shape index (κ1) is 20.0. The average Bonchev–Trinajstić information content (AvgIpc) is 3.03. The summed E-state index contributed by atoms with van der Waals surface area (Å²) >= 11 is 0. The fourth-order valence-electron chi connectivity index (χ4n) is 3.72. The first-order valence-electron chi connectivity index (χ1n) is 9.55. The van der Waals surface area contributed by atoms with Gasteiger partial charge in [0, 0.05) is 37.9 Å². The quantitative estimate of drug-likeness (QED) is 0.788. The van der Waals surface area contributed by atoms with Crippen LogP contribution in [0.5, 0.6) is 0 Å². The van der Waals surface area contributed by atoms with Gasteiger partial charge in [0.2, 0.25) is 10.0 Å².